The summed E-state index contributed by atoms with van der Waals surface area (Å²) in [6.45, 7) is 9.17. The summed E-state index contributed by atoms with van der Waals surface area (Å²) in [5, 5.41) is 8.72. The molecule has 0 spiro atoms. The van der Waals surface area contributed by atoms with Crippen LogP contribution in [0.25, 0.3) is 0 Å². The molecule has 7 heteroatoms. The molecule has 0 aliphatic heterocycles. The molecule has 0 fully saturated rings. The Morgan fingerprint density at radius 2 is 1.31 bits per heavy atom. The van der Waals surface area contributed by atoms with Gasteiger partial charge in [-0.15, -0.1) is 0 Å². The lowest BCUT2D eigenvalue weighted by Gasteiger charge is -2.19. The summed E-state index contributed by atoms with van der Waals surface area (Å²) in [6, 6.07) is 21.7. The van der Waals surface area contributed by atoms with Crippen molar-refractivity contribution in [3.63, 3.8) is 0 Å². The van der Waals surface area contributed by atoms with Crippen molar-refractivity contribution in [1.29, 1.82) is 0 Å². The summed E-state index contributed by atoms with van der Waals surface area (Å²) in [5.41, 5.74) is 3.62. The van der Waals surface area contributed by atoms with Gasteiger partial charge in [-0.2, -0.15) is 0 Å². The summed E-state index contributed by atoms with van der Waals surface area (Å²) >= 11 is 5.27. The van der Waals surface area contributed by atoms with Crippen LogP contribution in [0.4, 0.5) is 11.4 Å². The van der Waals surface area contributed by atoms with E-state index in [1.54, 1.807) is 48.5 Å². The van der Waals surface area contributed by atoms with Gasteiger partial charge in [-0.1, -0.05) is 46.2 Å². The Morgan fingerprint density at radius 1 is 0.778 bits per heavy atom. The van der Waals surface area contributed by atoms with Gasteiger partial charge in [-0.25, -0.2) is 0 Å². The third kappa shape index (κ3) is 7.92. The third-order valence-electron chi connectivity index (χ3n) is 5.52. The summed E-state index contributed by atoms with van der Waals surface area (Å²) in [6.07, 6.45) is 2.05. The number of benzene rings is 3. The number of carbonyl (C=O) groups is 2. The standard InChI is InChI=1S/C29H33N3O3S/c1-5-6-19-35-25-17-9-21(10-18-25)27(34)32-28(36)31-24-15-13-23(14-16-24)30-26(33)20-7-11-22(12-8-20)29(2,3)4/h7-18H,5-6,19H2,1-4H3,(H,30,33)(H2,31,32,34,36). The van der Waals surface area contributed by atoms with Crippen molar-refractivity contribution in [3.05, 3.63) is 89.5 Å². The Bertz CT molecular complexity index is 1180. The Kier molecular flexibility index (Phi) is 9.19. The Labute approximate surface area is 218 Å². The molecule has 36 heavy (non-hydrogen) atoms. The monoisotopic (exact) mass is 503 g/mol. The molecule has 0 heterocycles. The molecule has 0 aromatic heterocycles. The fourth-order valence-electron chi connectivity index (χ4n) is 3.34. The van der Waals surface area contributed by atoms with Crippen LogP contribution < -0.4 is 20.7 Å². The van der Waals surface area contributed by atoms with Gasteiger partial charge < -0.3 is 15.4 Å². The number of carbonyl (C=O) groups excluding carboxylic acids is 2. The van der Waals surface area contributed by atoms with E-state index >= 15 is 0 Å². The maximum Gasteiger partial charge on any atom is 0.257 e. The number of anilines is 2. The molecule has 6 nitrogen and oxygen atoms in total. The van der Waals surface area contributed by atoms with E-state index < -0.39 is 0 Å². The first-order valence-electron chi connectivity index (χ1n) is 12.0. The number of unbranched alkanes of at least 4 members (excludes halogenated alkanes) is 1. The van der Waals surface area contributed by atoms with Gasteiger partial charge in [0.2, 0.25) is 0 Å². The smallest absolute Gasteiger partial charge is 0.257 e. The second-order valence-electron chi connectivity index (χ2n) is 9.49. The molecular weight excluding hydrogens is 470 g/mol. The van der Waals surface area contributed by atoms with Crippen LogP contribution in [-0.2, 0) is 5.41 Å². The molecule has 0 saturated heterocycles. The molecule has 0 radical (unpaired) electrons. The van der Waals surface area contributed by atoms with E-state index in [1.807, 2.05) is 24.3 Å². The van der Waals surface area contributed by atoms with Gasteiger partial charge in [0, 0.05) is 22.5 Å². The van der Waals surface area contributed by atoms with Gasteiger partial charge in [-0.05, 0) is 90.3 Å². The normalized spacial score (nSPS) is 10.9. The van der Waals surface area contributed by atoms with E-state index in [1.165, 1.54) is 5.56 Å². The summed E-state index contributed by atoms with van der Waals surface area (Å²) < 4.78 is 5.62. The number of amides is 2. The molecule has 0 atom stereocenters. The molecule has 0 saturated carbocycles. The molecule has 188 valence electrons. The molecular formula is C29H33N3O3S. The highest BCUT2D eigenvalue weighted by atomic mass is 32.1. The zero-order valence-corrected chi connectivity index (χ0v) is 22.0. The first-order valence-corrected chi connectivity index (χ1v) is 12.4. The van der Waals surface area contributed by atoms with Crippen molar-refractivity contribution in [2.24, 2.45) is 0 Å². The van der Waals surface area contributed by atoms with Crippen molar-refractivity contribution < 1.29 is 14.3 Å². The molecule has 2 amide bonds. The topological polar surface area (TPSA) is 79.5 Å². The molecule has 3 rings (SSSR count). The number of nitrogens with one attached hydrogen (secondary N) is 3. The van der Waals surface area contributed by atoms with E-state index in [9.17, 15) is 9.59 Å². The summed E-state index contributed by atoms with van der Waals surface area (Å²) in [4.78, 5) is 25.1. The quantitative estimate of drug-likeness (QED) is 0.240. The fraction of sp³-hybridized carbons (Fsp3) is 0.276. The van der Waals surface area contributed by atoms with Crippen LogP contribution >= 0.6 is 12.2 Å². The van der Waals surface area contributed by atoms with Crippen molar-refractivity contribution >= 4 is 40.5 Å². The highest BCUT2D eigenvalue weighted by Crippen LogP contribution is 2.22. The van der Waals surface area contributed by atoms with Crippen molar-refractivity contribution in [3.8, 4) is 5.75 Å². The maximum atomic E-state index is 12.6. The lowest BCUT2D eigenvalue weighted by Crippen LogP contribution is -2.34. The predicted molar refractivity (Wildman–Crippen MR) is 150 cm³/mol. The average molecular weight is 504 g/mol. The zero-order valence-electron chi connectivity index (χ0n) is 21.2. The Morgan fingerprint density at radius 3 is 1.86 bits per heavy atom. The molecule has 3 aromatic carbocycles. The van der Waals surface area contributed by atoms with Crippen LogP contribution in [0, 0.1) is 0 Å². The molecule has 0 unspecified atom stereocenters. The number of hydrogen-bond donors (Lipinski definition) is 3. The highest BCUT2D eigenvalue weighted by molar-refractivity contribution is 7.80. The second-order valence-corrected chi connectivity index (χ2v) is 9.90. The van der Waals surface area contributed by atoms with E-state index in [4.69, 9.17) is 17.0 Å². The number of thiocarbonyl (C=S) groups is 1. The van der Waals surface area contributed by atoms with E-state index in [0.29, 0.717) is 29.1 Å². The predicted octanol–water partition coefficient (Wildman–Crippen LogP) is 6.54. The lowest BCUT2D eigenvalue weighted by atomic mass is 9.87. The highest BCUT2D eigenvalue weighted by Gasteiger charge is 2.14. The van der Waals surface area contributed by atoms with Gasteiger partial charge >= 0.3 is 0 Å². The van der Waals surface area contributed by atoms with Gasteiger partial charge in [0.1, 0.15) is 5.75 Å². The van der Waals surface area contributed by atoms with Gasteiger partial charge in [0.05, 0.1) is 6.61 Å². The number of hydrogen-bond acceptors (Lipinski definition) is 4. The Balaban J connectivity index is 1.50. The SMILES string of the molecule is CCCCOc1ccc(C(=O)NC(=S)Nc2ccc(NC(=O)c3ccc(C(C)(C)C)cc3)cc2)cc1. The molecule has 3 aromatic rings. The van der Waals surface area contributed by atoms with Crippen LogP contribution in [0.5, 0.6) is 5.75 Å². The third-order valence-corrected chi connectivity index (χ3v) is 5.73. The second kappa shape index (κ2) is 12.3. The average Bonchev–Trinajstić information content (AvgIpc) is 2.85. The largest absolute Gasteiger partial charge is 0.494 e. The first kappa shape index (κ1) is 26.9. The van der Waals surface area contributed by atoms with Gasteiger partial charge in [0.15, 0.2) is 5.11 Å². The van der Waals surface area contributed by atoms with Gasteiger partial charge in [0.25, 0.3) is 11.8 Å². The number of rotatable bonds is 8. The first-order chi connectivity index (χ1) is 17.2. The van der Waals surface area contributed by atoms with Crippen LogP contribution in [-0.4, -0.2) is 23.5 Å². The van der Waals surface area contributed by atoms with Crippen LogP contribution in [0.2, 0.25) is 0 Å². The van der Waals surface area contributed by atoms with Gasteiger partial charge in [-0.3, -0.25) is 14.9 Å². The van der Waals surface area contributed by atoms with Crippen molar-refractivity contribution in [2.45, 2.75) is 46.0 Å². The van der Waals surface area contributed by atoms with Crippen LogP contribution in [0.1, 0.15) is 66.8 Å². The molecule has 0 aliphatic rings. The van der Waals surface area contributed by atoms with E-state index in [0.717, 1.165) is 18.6 Å². The molecule has 0 bridgehead atoms. The van der Waals surface area contributed by atoms with E-state index in [-0.39, 0.29) is 22.3 Å². The minimum Gasteiger partial charge on any atom is -0.494 e. The minimum absolute atomic E-state index is 0.0331. The maximum absolute atomic E-state index is 12.6. The van der Waals surface area contributed by atoms with Crippen molar-refractivity contribution in [2.75, 3.05) is 17.2 Å². The zero-order chi connectivity index (χ0) is 26.1. The minimum atomic E-state index is -0.311. The van der Waals surface area contributed by atoms with Crippen LogP contribution in [0.3, 0.4) is 0 Å². The lowest BCUT2D eigenvalue weighted by molar-refractivity contribution is 0.0976. The summed E-state index contributed by atoms with van der Waals surface area (Å²) in [7, 11) is 0. The fourth-order valence-corrected chi connectivity index (χ4v) is 3.55. The van der Waals surface area contributed by atoms with Crippen LogP contribution in [0.15, 0.2) is 72.8 Å². The van der Waals surface area contributed by atoms with Crippen molar-refractivity contribution in [1.82, 2.24) is 5.32 Å². The molecule has 0 aliphatic carbocycles. The Hall–Kier alpha value is -3.71. The molecule has 3 N–H and O–H groups in total. The van der Waals surface area contributed by atoms with E-state index in [2.05, 4.69) is 43.6 Å². The number of ether oxygens (including phenoxy) is 1. The summed E-state index contributed by atoms with van der Waals surface area (Å²) in [5.74, 6) is 0.240.